The summed E-state index contributed by atoms with van der Waals surface area (Å²) in [7, 11) is 0. The summed E-state index contributed by atoms with van der Waals surface area (Å²) < 4.78 is 5.79. The third-order valence-electron chi connectivity index (χ3n) is 3.76. The highest BCUT2D eigenvalue weighted by Gasteiger charge is 2.28. The molecule has 0 bridgehead atoms. The third-order valence-corrected chi connectivity index (χ3v) is 3.76. The van der Waals surface area contributed by atoms with Crippen molar-refractivity contribution in [3.63, 3.8) is 0 Å². The van der Waals surface area contributed by atoms with Crippen molar-refractivity contribution in [1.29, 1.82) is 0 Å². The zero-order valence-electron chi connectivity index (χ0n) is 13.2. The molecular formula is C16H18N6O2. The molecule has 0 fully saturated rings. The summed E-state index contributed by atoms with van der Waals surface area (Å²) in [5.74, 6) is 0.597. The fourth-order valence-corrected chi connectivity index (χ4v) is 2.73. The van der Waals surface area contributed by atoms with Gasteiger partial charge >= 0.3 is 0 Å². The Bertz CT molecular complexity index is 819. The highest BCUT2D eigenvalue weighted by atomic mass is 16.4. The van der Waals surface area contributed by atoms with Crippen LogP contribution >= 0.6 is 0 Å². The average Bonchev–Trinajstić information content (AvgIpc) is 2.91. The Morgan fingerprint density at radius 2 is 2.04 bits per heavy atom. The summed E-state index contributed by atoms with van der Waals surface area (Å²) in [6, 6.07) is 3.42. The second-order valence-electron chi connectivity index (χ2n) is 5.47. The largest absolute Gasteiger partial charge is 0.455 e. The number of rotatable bonds is 3. The molecule has 0 atom stereocenters. The number of furan rings is 1. The zero-order valence-corrected chi connectivity index (χ0v) is 13.2. The van der Waals surface area contributed by atoms with Crippen molar-refractivity contribution >= 4 is 23.3 Å². The Morgan fingerprint density at radius 3 is 2.75 bits per heavy atom. The van der Waals surface area contributed by atoms with E-state index in [1.54, 1.807) is 24.5 Å². The predicted molar refractivity (Wildman–Crippen MR) is 90.9 cm³/mol. The minimum absolute atomic E-state index is 0.105. The van der Waals surface area contributed by atoms with E-state index in [1.807, 2.05) is 6.92 Å². The van der Waals surface area contributed by atoms with E-state index in [9.17, 15) is 4.79 Å². The van der Waals surface area contributed by atoms with Crippen LogP contribution in [0.2, 0.25) is 0 Å². The van der Waals surface area contributed by atoms with Gasteiger partial charge in [0.05, 0.1) is 5.71 Å². The second kappa shape index (κ2) is 6.53. The highest BCUT2D eigenvalue weighted by molar-refractivity contribution is 6.09. The predicted octanol–water partition coefficient (Wildman–Crippen LogP) is 1.55. The lowest BCUT2D eigenvalue weighted by Gasteiger charge is -2.11. The van der Waals surface area contributed by atoms with Crippen molar-refractivity contribution in [1.82, 2.24) is 4.98 Å². The molecule has 0 aliphatic heterocycles. The maximum atomic E-state index is 12.5. The van der Waals surface area contributed by atoms with Crippen LogP contribution in [0.15, 0.2) is 39.1 Å². The molecule has 8 heteroatoms. The summed E-state index contributed by atoms with van der Waals surface area (Å²) in [5, 5.41) is 10.6. The van der Waals surface area contributed by atoms with Gasteiger partial charge < -0.3 is 21.2 Å². The number of anilines is 1. The van der Waals surface area contributed by atoms with Crippen molar-refractivity contribution in [2.45, 2.75) is 26.2 Å². The molecule has 5 N–H and O–H groups in total. The van der Waals surface area contributed by atoms with Crippen LogP contribution in [0.25, 0.3) is 0 Å². The van der Waals surface area contributed by atoms with Gasteiger partial charge in [0.15, 0.2) is 5.76 Å². The molecule has 0 radical (unpaired) electrons. The lowest BCUT2D eigenvalue weighted by Crippen LogP contribution is -2.22. The van der Waals surface area contributed by atoms with E-state index in [0.29, 0.717) is 5.69 Å². The number of aromatic nitrogens is 1. The number of guanidine groups is 1. The number of aryl methyl sites for hydroxylation is 1. The molecule has 0 saturated carbocycles. The molecule has 0 saturated heterocycles. The van der Waals surface area contributed by atoms with Crippen LogP contribution in [0.3, 0.4) is 0 Å². The van der Waals surface area contributed by atoms with Crippen LogP contribution in [0.1, 0.15) is 40.3 Å². The molecule has 2 aromatic heterocycles. The molecule has 1 aliphatic carbocycles. The lowest BCUT2D eigenvalue weighted by molar-refractivity contribution is 0.0994. The number of hydrogen-bond donors (Lipinski definition) is 3. The van der Waals surface area contributed by atoms with Crippen LogP contribution < -0.4 is 16.8 Å². The van der Waals surface area contributed by atoms with Crippen LogP contribution in [0, 0.1) is 6.92 Å². The molecule has 2 heterocycles. The number of nitrogens with two attached hydrogens (primary N) is 2. The Kier molecular flexibility index (Phi) is 4.28. The standard InChI is InChI=1S/C16H18N6O2/c1-9-13-11(21-22-16(17)18)3-2-4-12(13)24-14(9)15(23)20-10-5-7-19-8-6-10/h5-8H,2-4H2,1H3,(H4,17,18,22)(H,19,20,23)/b21-11+. The first kappa shape index (κ1) is 15.7. The maximum absolute atomic E-state index is 12.5. The summed E-state index contributed by atoms with van der Waals surface area (Å²) >= 11 is 0. The SMILES string of the molecule is Cc1c(C(=O)Nc2ccncc2)oc2c1/C(=N/N=C(N)N)CCC2. The first-order valence-electron chi connectivity index (χ1n) is 7.55. The molecule has 24 heavy (non-hydrogen) atoms. The van der Waals surface area contributed by atoms with Crippen molar-refractivity contribution in [2.24, 2.45) is 21.7 Å². The topological polar surface area (TPSA) is 132 Å². The molecule has 0 spiro atoms. The average molecular weight is 326 g/mol. The fraction of sp³-hybridized carbons (Fsp3) is 0.250. The molecule has 124 valence electrons. The van der Waals surface area contributed by atoms with Gasteiger partial charge in [-0.2, -0.15) is 5.10 Å². The Labute approximate surface area is 138 Å². The van der Waals surface area contributed by atoms with Crippen LogP contribution in [0.4, 0.5) is 5.69 Å². The number of hydrogen-bond acceptors (Lipinski definition) is 5. The fourth-order valence-electron chi connectivity index (χ4n) is 2.73. The van der Waals surface area contributed by atoms with Gasteiger partial charge in [-0.1, -0.05) is 0 Å². The molecule has 3 rings (SSSR count). The number of carbonyl (C=O) groups excluding carboxylic acids is 1. The van der Waals surface area contributed by atoms with Gasteiger partial charge in [0, 0.05) is 35.6 Å². The second-order valence-corrected chi connectivity index (χ2v) is 5.47. The van der Waals surface area contributed by atoms with E-state index in [4.69, 9.17) is 15.9 Å². The van der Waals surface area contributed by atoms with E-state index in [-0.39, 0.29) is 17.6 Å². The van der Waals surface area contributed by atoms with Crippen molar-refractivity contribution < 1.29 is 9.21 Å². The van der Waals surface area contributed by atoms with Gasteiger partial charge in [0.25, 0.3) is 5.91 Å². The minimum atomic E-state index is -0.311. The number of fused-ring (bicyclic) bond motifs is 1. The lowest BCUT2D eigenvalue weighted by atomic mass is 9.93. The van der Waals surface area contributed by atoms with E-state index in [2.05, 4.69) is 20.5 Å². The normalized spacial score (nSPS) is 15.0. The number of carbonyl (C=O) groups is 1. The maximum Gasteiger partial charge on any atom is 0.291 e. The molecule has 0 unspecified atom stereocenters. The summed E-state index contributed by atoms with van der Waals surface area (Å²) in [6.45, 7) is 1.83. The highest BCUT2D eigenvalue weighted by Crippen LogP contribution is 2.30. The van der Waals surface area contributed by atoms with Crippen LogP contribution in [-0.4, -0.2) is 22.6 Å². The monoisotopic (exact) mass is 326 g/mol. The van der Waals surface area contributed by atoms with Gasteiger partial charge in [-0.3, -0.25) is 9.78 Å². The minimum Gasteiger partial charge on any atom is -0.455 e. The van der Waals surface area contributed by atoms with E-state index in [1.165, 1.54) is 0 Å². The molecule has 8 nitrogen and oxygen atoms in total. The Hall–Kier alpha value is -3.16. The van der Waals surface area contributed by atoms with Crippen molar-refractivity contribution in [3.05, 3.63) is 47.2 Å². The van der Waals surface area contributed by atoms with Crippen molar-refractivity contribution in [2.75, 3.05) is 5.32 Å². The Morgan fingerprint density at radius 1 is 1.29 bits per heavy atom. The van der Waals surface area contributed by atoms with E-state index < -0.39 is 0 Å². The summed E-state index contributed by atoms with van der Waals surface area (Å²) in [5.41, 5.74) is 13.6. The van der Waals surface area contributed by atoms with Crippen LogP contribution in [-0.2, 0) is 6.42 Å². The quantitative estimate of drug-likeness (QED) is 0.447. The molecule has 1 amide bonds. The first-order valence-corrected chi connectivity index (χ1v) is 7.55. The van der Waals surface area contributed by atoms with Crippen LogP contribution in [0.5, 0.6) is 0 Å². The zero-order chi connectivity index (χ0) is 17.1. The molecule has 0 aromatic carbocycles. The third kappa shape index (κ3) is 3.12. The van der Waals surface area contributed by atoms with Gasteiger partial charge in [-0.25, -0.2) is 0 Å². The van der Waals surface area contributed by atoms with Gasteiger partial charge in [-0.05, 0) is 31.9 Å². The molecule has 2 aromatic rings. The number of nitrogens with zero attached hydrogens (tertiary/aromatic N) is 3. The molecule has 1 aliphatic rings. The number of nitrogens with one attached hydrogen (secondary N) is 1. The van der Waals surface area contributed by atoms with Gasteiger partial charge in [0.2, 0.25) is 5.96 Å². The smallest absolute Gasteiger partial charge is 0.291 e. The van der Waals surface area contributed by atoms with Crippen molar-refractivity contribution in [3.8, 4) is 0 Å². The first-order chi connectivity index (χ1) is 11.6. The van der Waals surface area contributed by atoms with E-state index >= 15 is 0 Å². The van der Waals surface area contributed by atoms with Gasteiger partial charge in [-0.15, -0.1) is 5.10 Å². The summed E-state index contributed by atoms with van der Waals surface area (Å²) in [4.78, 5) is 16.4. The van der Waals surface area contributed by atoms with Gasteiger partial charge in [0.1, 0.15) is 5.76 Å². The Balaban J connectivity index is 1.93. The number of pyridine rings is 1. The molecular weight excluding hydrogens is 308 g/mol. The van der Waals surface area contributed by atoms with E-state index in [0.717, 1.165) is 41.9 Å². The number of amides is 1. The summed E-state index contributed by atoms with van der Waals surface area (Å²) in [6.07, 6.45) is 5.56.